The molecule has 12 nitrogen and oxygen atoms in total. The zero-order valence-corrected chi connectivity index (χ0v) is 31.3. The number of aromatic nitrogens is 1. The molecule has 1 aliphatic carbocycles. The molecule has 0 aliphatic heterocycles. The molecule has 0 saturated heterocycles. The number of halogens is 2. The lowest BCUT2D eigenvalue weighted by atomic mass is 9.82. The molecule has 1 saturated carbocycles. The topological polar surface area (TPSA) is 193 Å². The first-order valence-electron chi connectivity index (χ1n) is 18.5. The predicted octanol–water partition coefficient (Wildman–Crippen LogP) is 4.09. The highest BCUT2D eigenvalue weighted by Crippen LogP contribution is 2.41. The summed E-state index contributed by atoms with van der Waals surface area (Å²) in [6.45, 7) is 5.76. The van der Waals surface area contributed by atoms with Gasteiger partial charge < -0.3 is 41.8 Å². The van der Waals surface area contributed by atoms with Gasteiger partial charge in [-0.2, -0.15) is 0 Å². The molecule has 0 radical (unpaired) electrons. The van der Waals surface area contributed by atoms with Gasteiger partial charge in [0.05, 0.1) is 12.1 Å². The Labute approximate surface area is 315 Å². The van der Waals surface area contributed by atoms with Gasteiger partial charge in [-0.3, -0.25) is 14.4 Å². The normalized spacial score (nSPS) is 17.4. The minimum atomic E-state index is -1.11. The first kappa shape index (κ1) is 42.1. The lowest BCUT2D eigenvalue weighted by Crippen LogP contribution is -2.49. The monoisotopic (exact) mass is 752 g/mol. The number of benzene rings is 2. The summed E-state index contributed by atoms with van der Waals surface area (Å²) in [6, 6.07) is 11.4. The summed E-state index contributed by atoms with van der Waals surface area (Å²) in [4.78, 5) is 52.9. The second-order valence-electron chi connectivity index (χ2n) is 15.2. The maximum Gasteiger partial charge on any atom is 0.326 e. The third-order valence-corrected chi connectivity index (χ3v) is 9.96. The Balaban J connectivity index is 1.51. The lowest BCUT2D eigenvalue weighted by Gasteiger charge is -2.41. The lowest BCUT2D eigenvalue weighted by molar-refractivity contribution is -0.142. The third kappa shape index (κ3) is 11.2. The van der Waals surface area contributed by atoms with Crippen molar-refractivity contribution in [3.05, 3.63) is 83.7 Å². The average Bonchev–Trinajstić information content (AvgIpc) is 3.77. The van der Waals surface area contributed by atoms with Crippen molar-refractivity contribution in [2.75, 3.05) is 19.7 Å². The number of rotatable bonds is 18. The first-order chi connectivity index (χ1) is 25.6. The van der Waals surface area contributed by atoms with Crippen molar-refractivity contribution < 1.29 is 38.2 Å². The first-order valence-corrected chi connectivity index (χ1v) is 18.5. The quantitative estimate of drug-likeness (QED) is 0.105. The molecule has 1 fully saturated rings. The molecule has 2 aromatic carbocycles. The summed E-state index contributed by atoms with van der Waals surface area (Å²) in [7, 11) is 0. The van der Waals surface area contributed by atoms with Crippen LogP contribution in [0.15, 0.2) is 60.8 Å². The fourth-order valence-electron chi connectivity index (χ4n) is 7.21. The van der Waals surface area contributed by atoms with E-state index < -0.39 is 65.5 Å². The second kappa shape index (κ2) is 19.1. The highest BCUT2D eigenvalue weighted by atomic mass is 19.1. The van der Waals surface area contributed by atoms with Gasteiger partial charge in [-0.05, 0) is 86.7 Å². The van der Waals surface area contributed by atoms with Crippen molar-refractivity contribution in [1.29, 1.82) is 0 Å². The number of amides is 3. The van der Waals surface area contributed by atoms with Crippen molar-refractivity contribution in [1.82, 2.24) is 20.1 Å². The summed E-state index contributed by atoms with van der Waals surface area (Å²) >= 11 is 0. The van der Waals surface area contributed by atoms with Crippen LogP contribution in [0.5, 0.6) is 0 Å². The van der Waals surface area contributed by atoms with E-state index in [1.54, 1.807) is 12.3 Å². The smallest absolute Gasteiger partial charge is 0.326 e. The fraction of sp³-hybridized carbons (Fsp3) is 0.500. The summed E-state index contributed by atoms with van der Waals surface area (Å²) < 4.78 is 31.3. The summed E-state index contributed by atoms with van der Waals surface area (Å²) in [5, 5.41) is 25.2. The summed E-state index contributed by atoms with van der Waals surface area (Å²) in [5.41, 5.74) is 13.3. The molecule has 294 valence electrons. The molecule has 0 bridgehead atoms. The van der Waals surface area contributed by atoms with E-state index in [9.17, 15) is 33.8 Å². The number of carbonyl (C=O) groups excluding carboxylic acids is 3. The van der Waals surface area contributed by atoms with Crippen LogP contribution in [-0.4, -0.2) is 81.2 Å². The molecule has 8 N–H and O–H groups in total. The molecule has 14 heteroatoms. The number of carboxylic acid groups (broad SMARTS) is 1. The van der Waals surface area contributed by atoms with Crippen LogP contribution in [0.4, 0.5) is 8.78 Å². The van der Waals surface area contributed by atoms with Gasteiger partial charge in [-0.25, -0.2) is 13.6 Å². The zero-order chi connectivity index (χ0) is 39.6. The number of hydrogen-bond acceptors (Lipinski definition) is 7. The van der Waals surface area contributed by atoms with Gasteiger partial charge in [-0.15, -0.1) is 0 Å². The Morgan fingerprint density at radius 2 is 1.74 bits per heavy atom. The third-order valence-electron chi connectivity index (χ3n) is 9.96. The van der Waals surface area contributed by atoms with Crippen LogP contribution in [-0.2, 0) is 25.7 Å². The van der Waals surface area contributed by atoms with Gasteiger partial charge in [0.25, 0.3) is 0 Å². The number of nitrogens with one attached hydrogen (secondary N) is 2. The van der Waals surface area contributed by atoms with Crippen molar-refractivity contribution in [2.24, 2.45) is 22.8 Å². The van der Waals surface area contributed by atoms with Gasteiger partial charge in [0, 0.05) is 48.1 Å². The molecular formula is C40H54F2N6O6. The molecule has 3 amide bonds. The Morgan fingerprint density at radius 1 is 1.02 bits per heavy atom. The van der Waals surface area contributed by atoms with E-state index in [2.05, 4.69) is 10.6 Å². The van der Waals surface area contributed by atoms with Gasteiger partial charge in [0.2, 0.25) is 17.7 Å². The highest BCUT2D eigenvalue weighted by Gasteiger charge is 2.38. The Hall–Kier alpha value is -4.66. The second-order valence-corrected chi connectivity index (χ2v) is 15.2. The molecule has 3 aromatic rings. The zero-order valence-electron chi connectivity index (χ0n) is 31.3. The Bertz CT molecular complexity index is 1750. The minimum absolute atomic E-state index is 0.00742. The van der Waals surface area contributed by atoms with E-state index in [1.807, 2.05) is 55.7 Å². The van der Waals surface area contributed by atoms with Gasteiger partial charge >= 0.3 is 5.97 Å². The molecule has 1 aliphatic rings. The van der Waals surface area contributed by atoms with E-state index in [0.29, 0.717) is 56.5 Å². The van der Waals surface area contributed by atoms with E-state index in [4.69, 9.17) is 11.5 Å². The van der Waals surface area contributed by atoms with Crippen molar-refractivity contribution in [3.63, 3.8) is 0 Å². The van der Waals surface area contributed by atoms with Crippen LogP contribution < -0.4 is 22.1 Å². The summed E-state index contributed by atoms with van der Waals surface area (Å²) in [5.74, 6) is -4.22. The molecule has 0 unspecified atom stereocenters. The maximum atomic E-state index is 15.1. The number of unbranched alkanes of at least 4 members (excludes halogenated alkanes) is 1. The molecule has 1 heterocycles. The number of nitrogens with zero attached hydrogens (tertiary/aromatic N) is 2. The maximum absolute atomic E-state index is 15.1. The van der Waals surface area contributed by atoms with Gasteiger partial charge in [0.15, 0.2) is 0 Å². The van der Waals surface area contributed by atoms with E-state index in [0.717, 1.165) is 23.8 Å². The fourth-order valence-corrected chi connectivity index (χ4v) is 7.21. The van der Waals surface area contributed by atoms with Crippen LogP contribution in [0.2, 0.25) is 0 Å². The van der Waals surface area contributed by atoms with Crippen molar-refractivity contribution in [2.45, 2.75) is 96.4 Å². The van der Waals surface area contributed by atoms with Crippen LogP contribution >= 0.6 is 0 Å². The number of carboxylic acids is 1. The molecular weight excluding hydrogens is 698 g/mol. The van der Waals surface area contributed by atoms with Crippen molar-refractivity contribution in [3.8, 4) is 11.1 Å². The average molecular weight is 753 g/mol. The minimum Gasteiger partial charge on any atom is -0.480 e. The van der Waals surface area contributed by atoms with Gasteiger partial charge in [0.1, 0.15) is 24.3 Å². The van der Waals surface area contributed by atoms with Gasteiger partial charge in [-0.1, -0.05) is 51.1 Å². The van der Waals surface area contributed by atoms with Crippen LogP contribution in [0.25, 0.3) is 11.1 Å². The Kier molecular flexibility index (Phi) is 14.9. The van der Waals surface area contributed by atoms with E-state index >= 15 is 4.39 Å². The van der Waals surface area contributed by atoms with Crippen LogP contribution in [0.3, 0.4) is 0 Å². The van der Waals surface area contributed by atoms with E-state index in [-0.39, 0.29) is 36.9 Å². The molecule has 4 rings (SSSR count). The SMILES string of the molecule is CC(C)(C)[C@H](c1cc(-c2cc(F)ccc2F)cn1Cc1ccccc1)N(CC[C@H](N)C(=O)N[C@H]1CC[C@@H](C(=O)N[C@@H](CCCCN)C(=O)O)C1)C(=O)CO. The standard InChI is InChI=1S/C40H54F2N6O6/c1-40(2,3)36(34-20-27(30-21-28(41)13-15-31(30)42)23-47(34)22-25-9-5-4-6-10-25)48(35(50)24-49)18-16-32(44)38(52)45-29-14-12-26(19-29)37(51)46-33(39(53)54)11-7-8-17-43/h4-6,9-10,13,15,20-21,23,26,29,32-33,36,49H,7-8,11-12,14,16-19,22,24,43-44H2,1-3H3,(H,45,52)(H,46,51)(H,53,54)/t26-,29+,32+,33+,36+/m1/s1. The molecule has 0 spiro atoms. The predicted molar refractivity (Wildman–Crippen MR) is 201 cm³/mol. The number of nitrogens with two attached hydrogens (primary N) is 2. The largest absolute Gasteiger partial charge is 0.480 e. The molecule has 1 aromatic heterocycles. The molecule has 54 heavy (non-hydrogen) atoms. The molecule has 5 atom stereocenters. The number of aliphatic hydroxyl groups excluding tert-OH is 1. The summed E-state index contributed by atoms with van der Waals surface area (Å²) in [6.07, 6.45) is 4.56. The highest BCUT2D eigenvalue weighted by molar-refractivity contribution is 5.86. The number of hydrogen-bond donors (Lipinski definition) is 6. The number of aliphatic carboxylic acids is 1. The Morgan fingerprint density at radius 3 is 2.39 bits per heavy atom. The van der Waals surface area contributed by atoms with Crippen LogP contribution in [0, 0.1) is 23.0 Å². The number of aliphatic hydroxyl groups is 1. The number of carbonyl (C=O) groups is 4. The van der Waals surface area contributed by atoms with Crippen LogP contribution in [0.1, 0.15) is 83.0 Å². The van der Waals surface area contributed by atoms with E-state index in [1.165, 1.54) is 4.90 Å². The van der Waals surface area contributed by atoms with Crippen molar-refractivity contribution >= 4 is 23.7 Å².